The molecule has 5 heterocycles. The Morgan fingerprint density at radius 1 is 0.967 bits per heavy atom. The Kier molecular flexibility index (Phi) is 4.16. The summed E-state index contributed by atoms with van der Waals surface area (Å²) in [6.45, 7) is 2.90. The van der Waals surface area contributed by atoms with Gasteiger partial charge in [0.1, 0.15) is 11.2 Å². The van der Waals surface area contributed by atoms with Crippen LogP contribution in [0, 0.1) is 0 Å². The number of morpholine rings is 1. The minimum absolute atomic E-state index is 0.572. The number of nitrogens with zero attached hydrogens (tertiary/aromatic N) is 6. The predicted octanol–water partition coefficient (Wildman–Crippen LogP) is 3.19. The summed E-state index contributed by atoms with van der Waals surface area (Å²) in [5.41, 5.74) is 5.59. The van der Waals surface area contributed by atoms with E-state index in [9.17, 15) is 0 Å². The second kappa shape index (κ2) is 7.14. The van der Waals surface area contributed by atoms with Crippen LogP contribution in [0.3, 0.4) is 0 Å². The summed E-state index contributed by atoms with van der Waals surface area (Å²) < 4.78 is 5.51. The molecule has 6 rings (SSSR count). The Labute approximate surface area is 173 Å². The number of H-pyrrole nitrogens is 1. The molecule has 1 aliphatic heterocycles. The molecule has 0 aromatic carbocycles. The van der Waals surface area contributed by atoms with Gasteiger partial charge in [-0.05, 0) is 31.0 Å². The summed E-state index contributed by atoms with van der Waals surface area (Å²) >= 11 is 0. The summed E-state index contributed by atoms with van der Waals surface area (Å²) in [7, 11) is 0. The largest absolute Gasteiger partial charge is 0.378 e. The summed E-state index contributed by atoms with van der Waals surface area (Å²) in [4.78, 5) is 28.9. The number of anilines is 1. The highest BCUT2D eigenvalue weighted by molar-refractivity contribution is 5.98. The Morgan fingerprint density at radius 2 is 1.80 bits per heavy atom. The summed E-state index contributed by atoms with van der Waals surface area (Å²) in [5, 5.41) is 0. The quantitative estimate of drug-likeness (QED) is 0.563. The van der Waals surface area contributed by atoms with Crippen LogP contribution in [0.2, 0.25) is 0 Å². The van der Waals surface area contributed by atoms with Crippen molar-refractivity contribution in [1.29, 1.82) is 0 Å². The molecule has 4 aromatic rings. The highest BCUT2D eigenvalue weighted by Gasteiger charge is 2.26. The molecule has 1 saturated heterocycles. The van der Waals surface area contributed by atoms with E-state index < -0.39 is 0 Å². The molecule has 0 radical (unpaired) electrons. The average molecular weight is 399 g/mol. The van der Waals surface area contributed by atoms with Crippen molar-refractivity contribution in [3.63, 3.8) is 0 Å². The van der Waals surface area contributed by atoms with E-state index in [2.05, 4.69) is 19.9 Å². The van der Waals surface area contributed by atoms with Gasteiger partial charge in [0, 0.05) is 55.1 Å². The van der Waals surface area contributed by atoms with Gasteiger partial charge in [-0.15, -0.1) is 0 Å². The molecule has 1 N–H and O–H groups in total. The van der Waals surface area contributed by atoms with Gasteiger partial charge in [0.25, 0.3) is 0 Å². The smallest absolute Gasteiger partial charge is 0.226 e. The van der Waals surface area contributed by atoms with E-state index in [1.54, 1.807) is 12.4 Å². The minimum Gasteiger partial charge on any atom is -0.378 e. The molecular formula is C22H21N7O. The van der Waals surface area contributed by atoms with Crippen LogP contribution in [-0.2, 0) is 4.74 Å². The first-order valence-electron chi connectivity index (χ1n) is 10.3. The second-order valence-electron chi connectivity index (χ2n) is 7.71. The molecule has 0 unspecified atom stereocenters. The van der Waals surface area contributed by atoms with Gasteiger partial charge in [-0.1, -0.05) is 0 Å². The minimum atomic E-state index is 0.572. The van der Waals surface area contributed by atoms with Gasteiger partial charge in [-0.3, -0.25) is 4.98 Å². The van der Waals surface area contributed by atoms with Gasteiger partial charge in [0.15, 0.2) is 5.82 Å². The van der Waals surface area contributed by atoms with Crippen LogP contribution in [0.1, 0.15) is 24.5 Å². The Balaban J connectivity index is 1.54. The number of aromatic nitrogens is 6. The topological polar surface area (TPSA) is 92.7 Å². The van der Waals surface area contributed by atoms with Crippen LogP contribution in [0.25, 0.3) is 33.7 Å². The molecule has 0 atom stereocenters. The molecule has 8 heteroatoms. The van der Waals surface area contributed by atoms with Crippen molar-refractivity contribution < 1.29 is 4.74 Å². The summed E-state index contributed by atoms with van der Waals surface area (Å²) in [6.07, 6.45) is 9.77. The number of rotatable bonds is 4. The molecule has 1 aliphatic carbocycles. The lowest BCUT2D eigenvalue weighted by Crippen LogP contribution is -2.37. The number of fused-ring (bicyclic) bond motifs is 1. The molecule has 8 nitrogen and oxygen atoms in total. The number of pyridine rings is 1. The molecule has 150 valence electrons. The monoisotopic (exact) mass is 399 g/mol. The predicted molar refractivity (Wildman–Crippen MR) is 113 cm³/mol. The zero-order chi connectivity index (χ0) is 19.9. The number of hydrogen-bond acceptors (Lipinski definition) is 7. The van der Waals surface area contributed by atoms with Crippen LogP contribution < -0.4 is 4.90 Å². The van der Waals surface area contributed by atoms with E-state index in [1.165, 1.54) is 12.8 Å². The fraction of sp³-hybridized carbons (Fsp3) is 0.318. The van der Waals surface area contributed by atoms with Crippen LogP contribution in [-0.4, -0.2) is 56.2 Å². The third-order valence-corrected chi connectivity index (χ3v) is 5.67. The molecule has 0 bridgehead atoms. The molecule has 0 amide bonds. The zero-order valence-electron chi connectivity index (χ0n) is 16.5. The van der Waals surface area contributed by atoms with Crippen molar-refractivity contribution in [3.8, 4) is 22.6 Å². The van der Waals surface area contributed by atoms with Crippen molar-refractivity contribution in [1.82, 2.24) is 29.9 Å². The molecule has 2 fully saturated rings. The first-order valence-corrected chi connectivity index (χ1v) is 10.3. The van der Waals surface area contributed by atoms with E-state index in [-0.39, 0.29) is 0 Å². The van der Waals surface area contributed by atoms with Gasteiger partial charge >= 0.3 is 0 Å². The van der Waals surface area contributed by atoms with Crippen molar-refractivity contribution in [2.45, 2.75) is 18.8 Å². The Morgan fingerprint density at radius 3 is 2.60 bits per heavy atom. The maximum absolute atomic E-state index is 5.51. The normalized spacial score (nSPS) is 16.9. The molecule has 0 spiro atoms. The van der Waals surface area contributed by atoms with Gasteiger partial charge in [0.05, 0.1) is 24.3 Å². The number of aromatic amines is 1. The van der Waals surface area contributed by atoms with Crippen LogP contribution in [0.15, 0.2) is 43.0 Å². The van der Waals surface area contributed by atoms with Crippen molar-refractivity contribution >= 4 is 17.0 Å². The Bertz CT molecular complexity index is 1200. The SMILES string of the molecule is c1cc(-c2nc(N3CCOCC3)nc3c(-c4nccc(C5CC5)n4)c[nH]c23)ccn1. The van der Waals surface area contributed by atoms with Crippen LogP contribution in [0.5, 0.6) is 0 Å². The van der Waals surface area contributed by atoms with Crippen LogP contribution >= 0.6 is 0 Å². The summed E-state index contributed by atoms with van der Waals surface area (Å²) in [6, 6.07) is 5.96. The third kappa shape index (κ3) is 3.09. The van der Waals surface area contributed by atoms with E-state index in [4.69, 9.17) is 19.7 Å². The van der Waals surface area contributed by atoms with Crippen molar-refractivity contribution in [3.05, 3.63) is 48.7 Å². The first kappa shape index (κ1) is 17.5. The lowest BCUT2D eigenvalue weighted by atomic mass is 10.1. The summed E-state index contributed by atoms with van der Waals surface area (Å²) in [5.74, 6) is 1.98. The lowest BCUT2D eigenvalue weighted by molar-refractivity contribution is 0.122. The second-order valence-corrected chi connectivity index (χ2v) is 7.71. The average Bonchev–Trinajstić information content (AvgIpc) is 3.59. The number of ether oxygens (including phenoxy) is 1. The van der Waals surface area contributed by atoms with E-state index in [1.807, 2.05) is 30.6 Å². The Hall–Kier alpha value is -3.39. The highest BCUT2D eigenvalue weighted by Crippen LogP contribution is 2.40. The molecule has 4 aromatic heterocycles. The zero-order valence-corrected chi connectivity index (χ0v) is 16.5. The molecule has 2 aliphatic rings. The number of hydrogen-bond donors (Lipinski definition) is 1. The third-order valence-electron chi connectivity index (χ3n) is 5.67. The van der Waals surface area contributed by atoms with Gasteiger partial charge in [-0.2, -0.15) is 0 Å². The van der Waals surface area contributed by atoms with Crippen molar-refractivity contribution in [2.24, 2.45) is 0 Å². The number of nitrogens with one attached hydrogen (secondary N) is 1. The fourth-order valence-electron chi connectivity index (χ4n) is 3.90. The lowest BCUT2D eigenvalue weighted by Gasteiger charge is -2.27. The highest BCUT2D eigenvalue weighted by atomic mass is 16.5. The maximum Gasteiger partial charge on any atom is 0.226 e. The first-order chi connectivity index (χ1) is 14.9. The van der Waals surface area contributed by atoms with E-state index in [0.29, 0.717) is 30.9 Å². The fourth-order valence-corrected chi connectivity index (χ4v) is 3.90. The van der Waals surface area contributed by atoms with Crippen molar-refractivity contribution in [2.75, 3.05) is 31.2 Å². The molecule has 1 saturated carbocycles. The van der Waals surface area contributed by atoms with Gasteiger partial charge in [-0.25, -0.2) is 19.9 Å². The van der Waals surface area contributed by atoms with E-state index >= 15 is 0 Å². The molecule has 30 heavy (non-hydrogen) atoms. The van der Waals surface area contributed by atoms with Gasteiger partial charge < -0.3 is 14.6 Å². The van der Waals surface area contributed by atoms with Gasteiger partial charge in [0.2, 0.25) is 5.95 Å². The molecular weight excluding hydrogens is 378 g/mol. The van der Waals surface area contributed by atoms with E-state index in [0.717, 1.165) is 46.6 Å². The maximum atomic E-state index is 5.51. The van der Waals surface area contributed by atoms with Crippen LogP contribution in [0.4, 0.5) is 5.95 Å². The standard InChI is InChI=1S/C22H21N7O/c1-2-14(1)17-5-8-24-21(26-17)16-13-25-20-18(15-3-6-23-7-4-15)27-22(28-19(16)20)29-9-11-30-12-10-29/h3-8,13-14,25H,1-2,9-12H2.